The molecule has 218 valence electrons. The highest BCUT2D eigenvalue weighted by Crippen LogP contribution is 2.33. The Morgan fingerprint density at radius 1 is 1.02 bits per heavy atom. The minimum atomic E-state index is -1.21. The van der Waals surface area contributed by atoms with E-state index in [2.05, 4.69) is 10.6 Å². The van der Waals surface area contributed by atoms with Gasteiger partial charge in [-0.1, -0.05) is 55.8 Å². The number of carboxylic acid groups (broad SMARTS) is 1. The van der Waals surface area contributed by atoms with E-state index >= 15 is 0 Å². The third kappa shape index (κ3) is 9.91. The van der Waals surface area contributed by atoms with Crippen LogP contribution in [0.2, 0.25) is 4.34 Å². The summed E-state index contributed by atoms with van der Waals surface area (Å²) in [7, 11) is 1.51. The lowest BCUT2D eigenvalue weighted by Crippen LogP contribution is -2.54. The third-order valence-corrected chi connectivity index (χ3v) is 8.50. The fourth-order valence-electron chi connectivity index (χ4n) is 4.10. The zero-order valence-electron chi connectivity index (χ0n) is 23.0. The van der Waals surface area contributed by atoms with Crippen molar-refractivity contribution < 1.29 is 29.0 Å². The summed E-state index contributed by atoms with van der Waals surface area (Å²) in [4.78, 5) is 51.6. The van der Waals surface area contributed by atoms with Gasteiger partial charge in [-0.25, -0.2) is 0 Å². The number of thioether (sulfide) groups is 1. The Morgan fingerprint density at radius 2 is 1.76 bits per heavy atom. The van der Waals surface area contributed by atoms with E-state index in [1.165, 1.54) is 30.2 Å². The fraction of sp³-hybridized carbons (Fsp3) is 0.333. The number of hydrogen-bond donors (Lipinski definition) is 3. The first-order chi connectivity index (χ1) is 19.6. The van der Waals surface area contributed by atoms with Gasteiger partial charge < -0.3 is 20.5 Å². The van der Waals surface area contributed by atoms with Crippen molar-refractivity contribution in [3.05, 3.63) is 76.1 Å². The molecule has 0 aliphatic rings. The van der Waals surface area contributed by atoms with Gasteiger partial charge in [0.15, 0.2) is 5.78 Å². The van der Waals surface area contributed by atoms with Crippen molar-refractivity contribution in [2.75, 3.05) is 12.9 Å². The SMILES string of the molecule is COc1ccc(-c2ccc(Cl)s2)cc1CC(=O)N[C@H](C(=O)NC(CC(=O)O)C(=O)CSCc1ccccc1)C(C)C. The number of carboxylic acids is 1. The quantitative estimate of drug-likeness (QED) is 0.214. The molecule has 0 aliphatic heterocycles. The van der Waals surface area contributed by atoms with Crippen LogP contribution >= 0.6 is 34.7 Å². The largest absolute Gasteiger partial charge is 0.496 e. The van der Waals surface area contributed by atoms with E-state index in [1.807, 2.05) is 48.5 Å². The number of methoxy groups -OCH3 is 1. The van der Waals surface area contributed by atoms with Crippen LogP contribution in [-0.2, 0) is 31.4 Å². The van der Waals surface area contributed by atoms with E-state index in [0.717, 1.165) is 16.0 Å². The maximum Gasteiger partial charge on any atom is 0.305 e. The molecule has 1 aromatic heterocycles. The van der Waals surface area contributed by atoms with Gasteiger partial charge in [0.25, 0.3) is 0 Å². The van der Waals surface area contributed by atoms with Crippen molar-refractivity contribution in [3.8, 4) is 16.2 Å². The molecule has 0 saturated heterocycles. The number of carbonyl (C=O) groups is 4. The van der Waals surface area contributed by atoms with Crippen LogP contribution in [0.25, 0.3) is 10.4 Å². The molecular weight excluding hydrogens is 584 g/mol. The predicted molar refractivity (Wildman–Crippen MR) is 164 cm³/mol. The Bertz CT molecular complexity index is 1360. The van der Waals surface area contributed by atoms with Crippen LogP contribution in [0.3, 0.4) is 0 Å². The van der Waals surface area contributed by atoms with Gasteiger partial charge in [-0.2, -0.15) is 0 Å². The maximum atomic E-state index is 13.2. The molecule has 8 nitrogen and oxygen atoms in total. The van der Waals surface area contributed by atoms with Crippen molar-refractivity contribution in [1.82, 2.24) is 10.6 Å². The average Bonchev–Trinajstić information content (AvgIpc) is 3.37. The molecule has 41 heavy (non-hydrogen) atoms. The Labute approximate surface area is 252 Å². The van der Waals surface area contributed by atoms with E-state index in [1.54, 1.807) is 26.0 Å². The summed E-state index contributed by atoms with van der Waals surface area (Å²) in [5.74, 6) is -1.82. The van der Waals surface area contributed by atoms with E-state index in [9.17, 15) is 24.3 Å². The van der Waals surface area contributed by atoms with Gasteiger partial charge in [0.2, 0.25) is 11.8 Å². The highest BCUT2D eigenvalue weighted by atomic mass is 35.5. The van der Waals surface area contributed by atoms with Gasteiger partial charge in [-0.05, 0) is 47.4 Å². The summed E-state index contributed by atoms with van der Waals surface area (Å²) in [6, 6.07) is 16.6. The number of carbonyl (C=O) groups excluding carboxylic acids is 3. The number of aliphatic carboxylic acids is 1. The average molecular weight is 617 g/mol. The minimum absolute atomic E-state index is 0.0391. The molecule has 0 fully saturated rings. The van der Waals surface area contributed by atoms with Crippen LogP contribution in [0.4, 0.5) is 0 Å². The monoisotopic (exact) mass is 616 g/mol. The molecular formula is C30H33ClN2O6S2. The number of nitrogens with one attached hydrogen (secondary N) is 2. The van der Waals surface area contributed by atoms with Crippen LogP contribution in [0, 0.1) is 5.92 Å². The lowest BCUT2D eigenvalue weighted by Gasteiger charge is -2.25. The highest BCUT2D eigenvalue weighted by molar-refractivity contribution is 7.99. The van der Waals surface area contributed by atoms with E-state index in [4.69, 9.17) is 16.3 Å². The summed E-state index contributed by atoms with van der Waals surface area (Å²) >= 11 is 8.84. The standard InChI is InChI=1S/C30H33ClN2O6S2/c1-18(2)29(30(38)32-22(15-28(36)37)23(34)17-40-16-19-7-5-4-6-8-19)33-27(35)14-21-13-20(9-10-24(21)39-3)25-11-12-26(31)41-25/h4-13,18,22,29H,14-17H2,1-3H3,(H,32,38)(H,33,35)(H,36,37)/t22?,29-/m0/s1. The summed E-state index contributed by atoms with van der Waals surface area (Å²) in [6.07, 6.45) is -0.605. The van der Waals surface area contributed by atoms with Gasteiger partial charge in [0, 0.05) is 16.2 Å². The Hall–Kier alpha value is -3.34. The number of amides is 2. The highest BCUT2D eigenvalue weighted by Gasteiger charge is 2.30. The van der Waals surface area contributed by atoms with Crippen molar-refractivity contribution in [2.45, 2.75) is 44.5 Å². The topological polar surface area (TPSA) is 122 Å². The molecule has 0 spiro atoms. The van der Waals surface area contributed by atoms with Crippen molar-refractivity contribution in [2.24, 2.45) is 5.92 Å². The lowest BCUT2D eigenvalue weighted by atomic mass is 10.0. The molecule has 1 heterocycles. The first kappa shape index (κ1) is 32.2. The molecule has 2 amide bonds. The number of thiophene rings is 1. The molecule has 0 radical (unpaired) electrons. The first-order valence-corrected chi connectivity index (χ1v) is 15.3. The predicted octanol–water partition coefficient (Wildman–Crippen LogP) is 5.22. The molecule has 2 aromatic carbocycles. The minimum Gasteiger partial charge on any atom is -0.496 e. The summed E-state index contributed by atoms with van der Waals surface area (Å²) < 4.78 is 6.09. The zero-order valence-corrected chi connectivity index (χ0v) is 25.4. The van der Waals surface area contributed by atoms with Gasteiger partial charge >= 0.3 is 5.97 Å². The number of ether oxygens (including phenoxy) is 1. The second kappa shape index (κ2) is 15.6. The van der Waals surface area contributed by atoms with E-state index < -0.39 is 42.1 Å². The van der Waals surface area contributed by atoms with E-state index in [-0.39, 0.29) is 18.1 Å². The smallest absolute Gasteiger partial charge is 0.305 e. The number of rotatable bonds is 15. The lowest BCUT2D eigenvalue weighted by molar-refractivity contribution is -0.140. The number of ketones is 1. The zero-order chi connectivity index (χ0) is 29.9. The van der Waals surface area contributed by atoms with Gasteiger partial charge in [-0.15, -0.1) is 23.1 Å². The van der Waals surface area contributed by atoms with Crippen molar-refractivity contribution >= 4 is 58.3 Å². The molecule has 3 rings (SSSR count). The summed E-state index contributed by atoms with van der Waals surface area (Å²) in [5, 5.41) is 14.7. The van der Waals surface area contributed by atoms with Crippen LogP contribution in [0.1, 0.15) is 31.4 Å². The number of hydrogen-bond acceptors (Lipinski definition) is 7. The number of benzene rings is 2. The first-order valence-electron chi connectivity index (χ1n) is 13.0. The Morgan fingerprint density at radius 3 is 2.37 bits per heavy atom. The van der Waals surface area contributed by atoms with E-state index in [0.29, 0.717) is 21.4 Å². The van der Waals surface area contributed by atoms with Gasteiger partial charge in [0.05, 0.1) is 36.1 Å². The van der Waals surface area contributed by atoms with Crippen LogP contribution in [-0.4, -0.2) is 53.6 Å². The van der Waals surface area contributed by atoms with Crippen LogP contribution < -0.4 is 15.4 Å². The molecule has 0 bridgehead atoms. The molecule has 11 heteroatoms. The normalized spacial score (nSPS) is 12.4. The molecule has 2 atom stereocenters. The maximum absolute atomic E-state index is 13.2. The number of halogens is 1. The van der Waals surface area contributed by atoms with Crippen LogP contribution in [0.15, 0.2) is 60.7 Å². The van der Waals surface area contributed by atoms with Crippen molar-refractivity contribution in [1.29, 1.82) is 0 Å². The molecule has 1 unspecified atom stereocenters. The molecule has 0 aliphatic carbocycles. The molecule has 3 aromatic rings. The second-order valence-corrected chi connectivity index (χ2v) is 12.4. The molecule has 0 saturated carbocycles. The van der Waals surface area contributed by atoms with Gasteiger partial charge in [-0.3, -0.25) is 19.2 Å². The van der Waals surface area contributed by atoms with Crippen molar-refractivity contribution in [3.63, 3.8) is 0 Å². The number of Topliss-reactive ketones (excluding diaryl/α,β-unsaturated/α-hetero) is 1. The molecule has 3 N–H and O–H groups in total. The fourth-order valence-corrected chi connectivity index (χ4v) is 6.07. The van der Waals surface area contributed by atoms with Gasteiger partial charge in [0.1, 0.15) is 11.8 Å². The van der Waals surface area contributed by atoms with Crippen LogP contribution in [0.5, 0.6) is 5.75 Å². The Balaban J connectivity index is 1.66. The summed E-state index contributed by atoms with van der Waals surface area (Å²) in [6.45, 7) is 3.52. The third-order valence-electron chi connectivity index (χ3n) is 6.19. The Kier molecular flexibility index (Phi) is 12.2. The second-order valence-electron chi connectivity index (χ2n) is 9.70. The summed E-state index contributed by atoms with van der Waals surface area (Å²) in [5.41, 5.74) is 2.54.